The minimum Gasteiger partial charge on any atom is -0.465 e. The number of rotatable bonds is 7. The first kappa shape index (κ1) is 16.9. The van der Waals surface area contributed by atoms with Crippen molar-refractivity contribution < 1.29 is 14.3 Å². The standard InChI is InChI=1S/C14H18ClNO3S/c1-3-19-14(18)8-16(2)13(17)10-20-9-11-4-6-12(15)7-5-11/h4-7H,3,8-10H2,1-2H3. The summed E-state index contributed by atoms with van der Waals surface area (Å²) in [7, 11) is 1.60. The van der Waals surface area contributed by atoms with E-state index in [-0.39, 0.29) is 18.4 Å². The Labute approximate surface area is 128 Å². The summed E-state index contributed by atoms with van der Waals surface area (Å²) in [5.74, 6) is 0.595. The van der Waals surface area contributed by atoms with Gasteiger partial charge in [-0.25, -0.2) is 0 Å². The monoisotopic (exact) mass is 315 g/mol. The predicted octanol–water partition coefficient (Wildman–Crippen LogP) is 2.59. The lowest BCUT2D eigenvalue weighted by Gasteiger charge is -2.15. The molecule has 0 radical (unpaired) electrons. The van der Waals surface area contributed by atoms with E-state index in [1.165, 1.54) is 16.7 Å². The van der Waals surface area contributed by atoms with Gasteiger partial charge in [0.2, 0.25) is 5.91 Å². The van der Waals surface area contributed by atoms with Crippen LogP contribution >= 0.6 is 23.4 Å². The topological polar surface area (TPSA) is 46.6 Å². The highest BCUT2D eigenvalue weighted by atomic mass is 35.5. The summed E-state index contributed by atoms with van der Waals surface area (Å²) in [6, 6.07) is 7.52. The molecule has 0 bridgehead atoms. The molecule has 110 valence electrons. The van der Waals surface area contributed by atoms with Gasteiger partial charge in [-0.3, -0.25) is 9.59 Å². The largest absolute Gasteiger partial charge is 0.465 e. The average molecular weight is 316 g/mol. The molecule has 0 unspecified atom stereocenters. The maximum Gasteiger partial charge on any atom is 0.325 e. The zero-order chi connectivity index (χ0) is 15.0. The number of halogens is 1. The molecule has 0 atom stereocenters. The smallest absolute Gasteiger partial charge is 0.325 e. The summed E-state index contributed by atoms with van der Waals surface area (Å²) in [5.41, 5.74) is 1.11. The Morgan fingerprint density at radius 3 is 2.55 bits per heavy atom. The first-order valence-corrected chi connectivity index (χ1v) is 7.78. The van der Waals surface area contributed by atoms with Crippen molar-refractivity contribution in [2.24, 2.45) is 0 Å². The summed E-state index contributed by atoms with van der Waals surface area (Å²) >= 11 is 7.30. The van der Waals surface area contributed by atoms with Gasteiger partial charge in [0.1, 0.15) is 6.54 Å². The van der Waals surface area contributed by atoms with Crippen LogP contribution in [0.4, 0.5) is 0 Å². The maximum absolute atomic E-state index is 11.8. The van der Waals surface area contributed by atoms with E-state index in [0.717, 1.165) is 11.3 Å². The van der Waals surface area contributed by atoms with Crippen LogP contribution in [0.3, 0.4) is 0 Å². The number of esters is 1. The summed E-state index contributed by atoms with van der Waals surface area (Å²) in [4.78, 5) is 24.4. The number of carbonyl (C=O) groups excluding carboxylic acids is 2. The summed E-state index contributed by atoms with van der Waals surface area (Å²) < 4.78 is 4.80. The Hall–Kier alpha value is -1.20. The number of hydrogen-bond acceptors (Lipinski definition) is 4. The van der Waals surface area contributed by atoms with Gasteiger partial charge in [-0.05, 0) is 24.6 Å². The Morgan fingerprint density at radius 2 is 1.95 bits per heavy atom. The third-order valence-electron chi connectivity index (χ3n) is 2.50. The minimum absolute atomic E-state index is 0.00578. The number of ether oxygens (including phenoxy) is 1. The number of carbonyl (C=O) groups is 2. The number of hydrogen-bond donors (Lipinski definition) is 0. The lowest BCUT2D eigenvalue weighted by atomic mass is 10.2. The van der Waals surface area contributed by atoms with Gasteiger partial charge in [0.25, 0.3) is 0 Å². The molecular weight excluding hydrogens is 298 g/mol. The van der Waals surface area contributed by atoms with Crippen LogP contribution in [0.1, 0.15) is 12.5 Å². The highest BCUT2D eigenvalue weighted by Crippen LogP contribution is 2.15. The van der Waals surface area contributed by atoms with Crippen LogP contribution in [0, 0.1) is 0 Å². The Kier molecular flexibility index (Phi) is 7.47. The van der Waals surface area contributed by atoms with E-state index in [4.69, 9.17) is 16.3 Å². The number of thioether (sulfide) groups is 1. The Balaban J connectivity index is 2.28. The molecule has 0 saturated carbocycles. The maximum atomic E-state index is 11.8. The zero-order valence-corrected chi connectivity index (χ0v) is 13.2. The van der Waals surface area contributed by atoms with Gasteiger partial charge >= 0.3 is 5.97 Å². The molecule has 1 aromatic rings. The van der Waals surface area contributed by atoms with Gasteiger partial charge in [0.15, 0.2) is 0 Å². The van der Waals surface area contributed by atoms with Crippen molar-refractivity contribution in [2.75, 3.05) is 26.0 Å². The van der Waals surface area contributed by atoms with E-state index in [1.807, 2.05) is 24.3 Å². The molecule has 0 aliphatic heterocycles. The molecule has 1 aromatic carbocycles. The molecule has 1 amide bonds. The number of benzene rings is 1. The lowest BCUT2D eigenvalue weighted by molar-refractivity contribution is -0.147. The van der Waals surface area contributed by atoms with E-state index in [9.17, 15) is 9.59 Å². The van der Waals surface area contributed by atoms with Crippen molar-refractivity contribution in [1.29, 1.82) is 0 Å². The molecule has 20 heavy (non-hydrogen) atoms. The number of nitrogens with zero attached hydrogens (tertiary/aromatic N) is 1. The van der Waals surface area contributed by atoms with Crippen molar-refractivity contribution in [3.05, 3.63) is 34.9 Å². The normalized spacial score (nSPS) is 10.2. The highest BCUT2D eigenvalue weighted by Gasteiger charge is 2.13. The van der Waals surface area contributed by atoms with E-state index < -0.39 is 0 Å². The Morgan fingerprint density at radius 1 is 1.30 bits per heavy atom. The summed E-state index contributed by atoms with van der Waals surface area (Å²) in [5, 5.41) is 0.698. The molecular formula is C14H18ClNO3S. The second kappa shape index (κ2) is 8.87. The second-order valence-electron chi connectivity index (χ2n) is 4.17. The molecule has 0 aliphatic carbocycles. The van der Waals surface area contributed by atoms with Crippen LogP contribution in [0.25, 0.3) is 0 Å². The summed E-state index contributed by atoms with van der Waals surface area (Å²) in [6.07, 6.45) is 0. The van der Waals surface area contributed by atoms with Gasteiger partial charge in [0, 0.05) is 17.8 Å². The van der Waals surface area contributed by atoms with Gasteiger partial charge in [0.05, 0.1) is 12.4 Å². The van der Waals surface area contributed by atoms with Crippen molar-refractivity contribution in [1.82, 2.24) is 4.90 Å². The summed E-state index contributed by atoms with van der Waals surface area (Å²) in [6.45, 7) is 2.06. The van der Waals surface area contributed by atoms with E-state index in [1.54, 1.807) is 14.0 Å². The fraction of sp³-hybridized carbons (Fsp3) is 0.429. The van der Waals surface area contributed by atoms with Crippen LogP contribution < -0.4 is 0 Å². The van der Waals surface area contributed by atoms with Gasteiger partial charge in [-0.2, -0.15) is 0 Å². The predicted molar refractivity (Wildman–Crippen MR) is 81.9 cm³/mol. The molecule has 0 heterocycles. The van der Waals surface area contributed by atoms with Crippen LogP contribution in [0.15, 0.2) is 24.3 Å². The van der Waals surface area contributed by atoms with Crippen LogP contribution in [-0.4, -0.2) is 42.7 Å². The number of amides is 1. The Bertz CT molecular complexity index is 450. The van der Waals surface area contributed by atoms with E-state index >= 15 is 0 Å². The SMILES string of the molecule is CCOC(=O)CN(C)C(=O)CSCc1ccc(Cl)cc1. The fourth-order valence-corrected chi connectivity index (χ4v) is 2.49. The molecule has 0 aliphatic rings. The van der Waals surface area contributed by atoms with Crippen molar-refractivity contribution >= 4 is 35.2 Å². The van der Waals surface area contributed by atoms with E-state index in [2.05, 4.69) is 0 Å². The fourth-order valence-electron chi connectivity index (χ4n) is 1.44. The third kappa shape index (κ3) is 6.30. The van der Waals surface area contributed by atoms with Gasteiger partial charge in [-0.1, -0.05) is 23.7 Å². The minimum atomic E-state index is -0.383. The third-order valence-corrected chi connectivity index (χ3v) is 3.75. The zero-order valence-electron chi connectivity index (χ0n) is 11.6. The lowest BCUT2D eigenvalue weighted by Crippen LogP contribution is -2.34. The molecule has 0 fully saturated rings. The van der Waals surface area contributed by atoms with Crippen molar-refractivity contribution in [3.63, 3.8) is 0 Å². The highest BCUT2D eigenvalue weighted by molar-refractivity contribution is 7.99. The van der Waals surface area contributed by atoms with Crippen LogP contribution in [-0.2, 0) is 20.1 Å². The quantitative estimate of drug-likeness (QED) is 0.726. The molecule has 6 heteroatoms. The molecule has 1 rings (SSSR count). The molecule has 4 nitrogen and oxygen atoms in total. The number of likely N-dealkylation sites (N-methyl/N-ethyl adjacent to an activating group) is 1. The molecule has 0 saturated heterocycles. The molecule has 0 spiro atoms. The first-order chi connectivity index (χ1) is 9.52. The average Bonchev–Trinajstić information content (AvgIpc) is 2.41. The van der Waals surface area contributed by atoms with Gasteiger partial charge < -0.3 is 9.64 Å². The van der Waals surface area contributed by atoms with Gasteiger partial charge in [-0.15, -0.1) is 11.8 Å². The molecule has 0 N–H and O–H groups in total. The first-order valence-electron chi connectivity index (χ1n) is 6.24. The van der Waals surface area contributed by atoms with Crippen molar-refractivity contribution in [2.45, 2.75) is 12.7 Å². The van der Waals surface area contributed by atoms with Crippen LogP contribution in [0.5, 0.6) is 0 Å². The van der Waals surface area contributed by atoms with Crippen LogP contribution in [0.2, 0.25) is 5.02 Å². The molecule has 0 aromatic heterocycles. The van der Waals surface area contributed by atoms with E-state index in [0.29, 0.717) is 17.4 Å². The second-order valence-corrected chi connectivity index (χ2v) is 5.60. The van der Waals surface area contributed by atoms with Crippen molar-refractivity contribution in [3.8, 4) is 0 Å².